The summed E-state index contributed by atoms with van der Waals surface area (Å²) < 4.78 is 5.08. The molecule has 0 aliphatic carbocycles. The van der Waals surface area contributed by atoms with Crippen molar-refractivity contribution < 1.29 is 4.74 Å². The standard InChI is InChI=1S/C14H23NOS/c1-11-4-6-13(7-5-11)17-10-14(15)12(2)8-9-16-3/h4-7,12,14H,8-10,15H2,1-3H3. The van der Waals surface area contributed by atoms with Crippen molar-refractivity contribution in [2.24, 2.45) is 11.7 Å². The fraction of sp³-hybridized carbons (Fsp3) is 0.571. The molecule has 1 rings (SSSR count). The topological polar surface area (TPSA) is 35.2 Å². The van der Waals surface area contributed by atoms with E-state index >= 15 is 0 Å². The number of thioether (sulfide) groups is 1. The fourth-order valence-corrected chi connectivity index (χ4v) is 2.55. The Balaban J connectivity index is 2.32. The van der Waals surface area contributed by atoms with Crippen LogP contribution in [0.25, 0.3) is 0 Å². The molecule has 17 heavy (non-hydrogen) atoms. The molecular formula is C14H23NOS. The molecule has 2 unspecified atom stereocenters. The van der Waals surface area contributed by atoms with Crippen LogP contribution in [0.15, 0.2) is 29.2 Å². The minimum absolute atomic E-state index is 0.233. The van der Waals surface area contributed by atoms with Crippen LogP contribution in [0.2, 0.25) is 0 Å². The molecule has 0 aromatic heterocycles. The van der Waals surface area contributed by atoms with Gasteiger partial charge in [0, 0.05) is 30.4 Å². The molecule has 3 heteroatoms. The lowest BCUT2D eigenvalue weighted by Gasteiger charge is -2.19. The van der Waals surface area contributed by atoms with Gasteiger partial charge in [0.25, 0.3) is 0 Å². The Morgan fingerprint density at radius 2 is 1.94 bits per heavy atom. The van der Waals surface area contributed by atoms with Crippen molar-refractivity contribution in [3.05, 3.63) is 29.8 Å². The van der Waals surface area contributed by atoms with Gasteiger partial charge in [-0.15, -0.1) is 11.8 Å². The average Bonchev–Trinajstić information content (AvgIpc) is 2.34. The molecule has 0 amide bonds. The summed E-state index contributed by atoms with van der Waals surface area (Å²) in [6, 6.07) is 8.83. The zero-order valence-corrected chi connectivity index (χ0v) is 11.8. The highest BCUT2D eigenvalue weighted by Crippen LogP contribution is 2.21. The summed E-state index contributed by atoms with van der Waals surface area (Å²) in [6.07, 6.45) is 1.03. The summed E-state index contributed by atoms with van der Waals surface area (Å²) in [4.78, 5) is 1.30. The van der Waals surface area contributed by atoms with E-state index in [4.69, 9.17) is 10.5 Å². The molecule has 0 radical (unpaired) electrons. The first-order chi connectivity index (χ1) is 8.13. The van der Waals surface area contributed by atoms with E-state index in [1.165, 1.54) is 10.5 Å². The van der Waals surface area contributed by atoms with Crippen molar-refractivity contribution in [2.75, 3.05) is 19.5 Å². The van der Waals surface area contributed by atoms with Gasteiger partial charge >= 0.3 is 0 Å². The van der Waals surface area contributed by atoms with Gasteiger partial charge in [0.05, 0.1) is 0 Å². The molecule has 2 nitrogen and oxygen atoms in total. The van der Waals surface area contributed by atoms with Crippen LogP contribution in [0.3, 0.4) is 0 Å². The van der Waals surface area contributed by atoms with Crippen molar-refractivity contribution in [2.45, 2.75) is 31.2 Å². The van der Waals surface area contributed by atoms with Crippen molar-refractivity contribution in [3.8, 4) is 0 Å². The first kappa shape index (κ1) is 14.6. The summed E-state index contributed by atoms with van der Waals surface area (Å²) in [7, 11) is 1.74. The van der Waals surface area contributed by atoms with Gasteiger partial charge in [-0.05, 0) is 31.4 Å². The van der Waals surface area contributed by atoms with Gasteiger partial charge in [-0.2, -0.15) is 0 Å². The van der Waals surface area contributed by atoms with Crippen LogP contribution in [0.4, 0.5) is 0 Å². The maximum atomic E-state index is 6.16. The van der Waals surface area contributed by atoms with Crippen molar-refractivity contribution in [1.29, 1.82) is 0 Å². The van der Waals surface area contributed by atoms with Crippen LogP contribution in [0, 0.1) is 12.8 Å². The highest BCUT2D eigenvalue weighted by atomic mass is 32.2. The normalized spacial score (nSPS) is 14.6. The Kier molecular flexibility index (Phi) is 6.63. The van der Waals surface area contributed by atoms with Gasteiger partial charge in [-0.3, -0.25) is 0 Å². The molecule has 1 aromatic rings. The van der Waals surface area contributed by atoms with E-state index in [2.05, 4.69) is 38.1 Å². The summed E-state index contributed by atoms with van der Waals surface area (Å²) in [6.45, 7) is 5.09. The molecule has 2 atom stereocenters. The lowest BCUT2D eigenvalue weighted by molar-refractivity contribution is 0.176. The summed E-state index contributed by atoms with van der Waals surface area (Å²) in [5.41, 5.74) is 7.46. The van der Waals surface area contributed by atoms with E-state index in [-0.39, 0.29) is 6.04 Å². The molecule has 0 aliphatic heterocycles. The molecule has 0 heterocycles. The molecule has 1 aromatic carbocycles. The minimum atomic E-state index is 0.233. The summed E-state index contributed by atoms with van der Waals surface area (Å²) in [5, 5.41) is 0. The molecule has 2 N–H and O–H groups in total. The summed E-state index contributed by atoms with van der Waals surface area (Å²) in [5.74, 6) is 1.47. The summed E-state index contributed by atoms with van der Waals surface area (Å²) >= 11 is 1.83. The number of benzene rings is 1. The number of ether oxygens (including phenoxy) is 1. The lowest BCUT2D eigenvalue weighted by Crippen LogP contribution is -2.31. The number of hydrogen-bond donors (Lipinski definition) is 1. The number of methoxy groups -OCH3 is 1. The van der Waals surface area contributed by atoms with Crippen LogP contribution in [-0.2, 0) is 4.74 Å². The van der Waals surface area contributed by atoms with Crippen molar-refractivity contribution in [3.63, 3.8) is 0 Å². The van der Waals surface area contributed by atoms with E-state index < -0.39 is 0 Å². The maximum Gasteiger partial charge on any atom is 0.0465 e. The van der Waals surface area contributed by atoms with Crippen LogP contribution >= 0.6 is 11.8 Å². The first-order valence-corrected chi connectivity index (χ1v) is 7.06. The first-order valence-electron chi connectivity index (χ1n) is 6.07. The molecular weight excluding hydrogens is 230 g/mol. The highest BCUT2D eigenvalue weighted by Gasteiger charge is 2.12. The lowest BCUT2D eigenvalue weighted by atomic mass is 10.0. The SMILES string of the molecule is COCCC(C)C(N)CSc1ccc(C)cc1. The van der Waals surface area contributed by atoms with Crippen molar-refractivity contribution in [1.82, 2.24) is 0 Å². The quantitative estimate of drug-likeness (QED) is 0.758. The largest absolute Gasteiger partial charge is 0.385 e. The Hall–Kier alpha value is -0.510. The molecule has 0 spiro atoms. The van der Waals surface area contributed by atoms with E-state index in [1.807, 2.05) is 11.8 Å². The van der Waals surface area contributed by atoms with Gasteiger partial charge in [0.2, 0.25) is 0 Å². The van der Waals surface area contributed by atoms with Gasteiger partial charge in [0.1, 0.15) is 0 Å². The van der Waals surface area contributed by atoms with Crippen LogP contribution < -0.4 is 5.73 Å². The van der Waals surface area contributed by atoms with Gasteiger partial charge < -0.3 is 10.5 Å². The Morgan fingerprint density at radius 1 is 1.29 bits per heavy atom. The average molecular weight is 253 g/mol. The second-order valence-corrected chi connectivity index (χ2v) is 5.64. The van der Waals surface area contributed by atoms with Crippen LogP contribution in [0.1, 0.15) is 18.9 Å². The van der Waals surface area contributed by atoms with E-state index in [0.29, 0.717) is 5.92 Å². The van der Waals surface area contributed by atoms with Gasteiger partial charge in [0.15, 0.2) is 0 Å². The van der Waals surface area contributed by atoms with Crippen molar-refractivity contribution >= 4 is 11.8 Å². The molecule has 0 fully saturated rings. The molecule has 96 valence electrons. The third-order valence-corrected chi connectivity index (χ3v) is 4.13. The minimum Gasteiger partial charge on any atom is -0.385 e. The zero-order chi connectivity index (χ0) is 12.7. The smallest absolute Gasteiger partial charge is 0.0465 e. The predicted octanol–water partition coefficient (Wildman–Crippen LogP) is 3.09. The second-order valence-electron chi connectivity index (χ2n) is 4.55. The number of hydrogen-bond acceptors (Lipinski definition) is 3. The second kappa shape index (κ2) is 7.75. The van der Waals surface area contributed by atoms with Crippen LogP contribution in [-0.4, -0.2) is 25.5 Å². The van der Waals surface area contributed by atoms with E-state index in [9.17, 15) is 0 Å². The Morgan fingerprint density at radius 3 is 2.53 bits per heavy atom. The zero-order valence-electron chi connectivity index (χ0n) is 11.0. The predicted molar refractivity (Wildman–Crippen MR) is 75.5 cm³/mol. The number of aryl methyl sites for hydroxylation is 1. The van der Waals surface area contributed by atoms with E-state index in [1.54, 1.807) is 7.11 Å². The number of rotatable bonds is 7. The van der Waals surface area contributed by atoms with Gasteiger partial charge in [-0.25, -0.2) is 0 Å². The fourth-order valence-electron chi connectivity index (χ4n) is 1.51. The Bertz CT molecular complexity index is 313. The van der Waals surface area contributed by atoms with E-state index in [0.717, 1.165) is 18.8 Å². The highest BCUT2D eigenvalue weighted by molar-refractivity contribution is 7.99. The molecule has 0 saturated carbocycles. The third-order valence-electron chi connectivity index (χ3n) is 2.97. The monoisotopic (exact) mass is 253 g/mol. The Labute approximate surface area is 109 Å². The maximum absolute atomic E-state index is 6.16. The molecule has 0 saturated heterocycles. The number of nitrogens with two attached hydrogens (primary N) is 1. The van der Waals surface area contributed by atoms with Gasteiger partial charge in [-0.1, -0.05) is 24.6 Å². The van der Waals surface area contributed by atoms with Crippen LogP contribution in [0.5, 0.6) is 0 Å². The molecule has 0 aliphatic rings. The molecule has 0 bridgehead atoms. The third kappa shape index (κ3) is 5.57.